The van der Waals surface area contributed by atoms with Crippen LogP contribution in [0.2, 0.25) is 0 Å². The fourth-order valence-electron chi connectivity index (χ4n) is 6.66. The van der Waals surface area contributed by atoms with Gasteiger partial charge in [0.2, 0.25) is 17.5 Å². The van der Waals surface area contributed by atoms with E-state index in [4.69, 9.17) is 0 Å². The van der Waals surface area contributed by atoms with Crippen molar-refractivity contribution in [3.05, 3.63) is 0 Å². The third kappa shape index (κ3) is 2.62. The van der Waals surface area contributed by atoms with Crippen molar-refractivity contribution >= 4 is 17.8 Å². The van der Waals surface area contributed by atoms with Crippen molar-refractivity contribution in [2.45, 2.75) is 63.1 Å². The number of halogens is 1. The molecular weight excluding hydrogens is 339 g/mol. The van der Waals surface area contributed by atoms with Crippen molar-refractivity contribution in [2.24, 2.45) is 17.3 Å². The topological polar surface area (TPSA) is 75.7 Å². The van der Waals surface area contributed by atoms with E-state index in [0.717, 1.165) is 32.1 Å². The van der Waals surface area contributed by atoms with Gasteiger partial charge in [-0.2, -0.15) is 0 Å². The molecule has 6 nitrogen and oxygen atoms in total. The lowest BCUT2D eigenvalue weighted by molar-refractivity contribution is -0.164. The van der Waals surface area contributed by atoms with Gasteiger partial charge < -0.3 is 15.0 Å². The summed E-state index contributed by atoms with van der Waals surface area (Å²) >= 11 is 0. The Morgan fingerprint density at radius 3 is 2.38 bits per heavy atom. The van der Waals surface area contributed by atoms with Crippen LogP contribution in [0.4, 0.5) is 4.39 Å². The average molecular weight is 366 g/mol. The molecule has 1 N–H and O–H groups in total. The minimum atomic E-state index is -2.10. The van der Waals surface area contributed by atoms with Crippen molar-refractivity contribution in [1.29, 1.82) is 0 Å². The van der Waals surface area contributed by atoms with Gasteiger partial charge in [0.05, 0.1) is 19.1 Å². The average Bonchev–Trinajstić information content (AvgIpc) is 2.94. The highest BCUT2D eigenvalue weighted by atomic mass is 19.1. The molecule has 2 amide bonds. The molecule has 3 atom stereocenters. The van der Waals surface area contributed by atoms with Crippen molar-refractivity contribution in [3.8, 4) is 0 Å². The van der Waals surface area contributed by atoms with Crippen LogP contribution in [0, 0.1) is 17.3 Å². The predicted octanol–water partition coefficient (Wildman–Crippen LogP) is 1.58. The number of rotatable bonds is 3. The van der Waals surface area contributed by atoms with E-state index in [2.05, 4.69) is 10.1 Å². The maximum atomic E-state index is 14.8. The van der Waals surface area contributed by atoms with Crippen LogP contribution in [0.1, 0.15) is 51.9 Å². The van der Waals surface area contributed by atoms with E-state index in [1.54, 1.807) is 0 Å². The van der Waals surface area contributed by atoms with Gasteiger partial charge in [0.15, 0.2) is 0 Å². The molecule has 0 unspecified atom stereocenters. The monoisotopic (exact) mass is 366 g/mol. The summed E-state index contributed by atoms with van der Waals surface area (Å²) in [4.78, 5) is 38.4. The highest BCUT2D eigenvalue weighted by Gasteiger charge is 2.62. The molecule has 4 aliphatic carbocycles. The van der Waals surface area contributed by atoms with Crippen LogP contribution in [0.25, 0.3) is 0 Å². The number of likely N-dealkylation sites (tertiary alicyclic amines) is 1. The molecule has 26 heavy (non-hydrogen) atoms. The van der Waals surface area contributed by atoms with Gasteiger partial charge >= 0.3 is 5.97 Å². The van der Waals surface area contributed by atoms with Crippen LogP contribution in [0.3, 0.4) is 0 Å². The van der Waals surface area contributed by atoms with E-state index in [9.17, 15) is 18.8 Å². The molecule has 1 saturated heterocycles. The Morgan fingerprint density at radius 1 is 1.15 bits per heavy atom. The zero-order chi connectivity index (χ0) is 18.7. The lowest BCUT2D eigenvalue weighted by atomic mass is 9.46. The molecule has 1 heterocycles. The molecule has 1 aliphatic heterocycles. The normalized spacial score (nSPS) is 43.4. The van der Waals surface area contributed by atoms with Crippen LogP contribution in [0.15, 0.2) is 0 Å². The Balaban J connectivity index is 1.56. The summed E-state index contributed by atoms with van der Waals surface area (Å²) in [6.45, 7) is 1.55. The van der Waals surface area contributed by atoms with Crippen LogP contribution < -0.4 is 5.32 Å². The van der Waals surface area contributed by atoms with E-state index in [-0.39, 0.29) is 36.9 Å². The first-order chi connectivity index (χ1) is 12.2. The zero-order valence-corrected chi connectivity index (χ0v) is 15.5. The molecule has 0 aromatic rings. The smallest absolute Gasteiger partial charge is 0.345 e. The largest absolute Gasteiger partial charge is 0.467 e. The van der Waals surface area contributed by atoms with Gasteiger partial charge in [0.1, 0.15) is 0 Å². The number of methoxy groups -OCH3 is 1. The zero-order valence-electron chi connectivity index (χ0n) is 15.5. The number of alkyl halides is 1. The minimum absolute atomic E-state index is 0.00874. The number of esters is 1. The number of ether oxygens (including phenoxy) is 1. The second kappa shape index (κ2) is 5.67. The number of hydrogen-bond acceptors (Lipinski definition) is 4. The summed E-state index contributed by atoms with van der Waals surface area (Å²) in [5, 5.41) is 3.14. The number of carbonyl (C=O) groups is 3. The third-order valence-electron chi connectivity index (χ3n) is 7.01. The molecule has 4 bridgehead atoms. The summed E-state index contributed by atoms with van der Waals surface area (Å²) in [5.41, 5.74) is -2.91. The second-order valence-corrected chi connectivity index (χ2v) is 9.14. The summed E-state index contributed by atoms with van der Waals surface area (Å²) < 4.78 is 19.4. The lowest BCUT2D eigenvalue weighted by Gasteiger charge is -2.61. The Labute approximate surface area is 152 Å². The molecule has 7 heteroatoms. The summed E-state index contributed by atoms with van der Waals surface area (Å²) in [6, 6.07) is 0. The Kier molecular flexibility index (Phi) is 3.87. The third-order valence-corrected chi connectivity index (χ3v) is 7.01. The molecule has 0 aromatic heterocycles. The fourth-order valence-corrected chi connectivity index (χ4v) is 6.66. The Hall–Kier alpha value is -1.66. The molecule has 0 spiro atoms. The van der Waals surface area contributed by atoms with Gasteiger partial charge in [0, 0.05) is 25.4 Å². The first-order valence-corrected chi connectivity index (χ1v) is 9.55. The molecule has 4 saturated carbocycles. The first-order valence-electron chi connectivity index (χ1n) is 9.55. The number of hydrogen-bond donors (Lipinski definition) is 1. The summed E-state index contributed by atoms with van der Waals surface area (Å²) in [7, 11) is 1.17. The van der Waals surface area contributed by atoms with Crippen LogP contribution >= 0.6 is 0 Å². The minimum Gasteiger partial charge on any atom is -0.467 e. The van der Waals surface area contributed by atoms with Gasteiger partial charge in [0.25, 0.3) is 0 Å². The van der Waals surface area contributed by atoms with Gasteiger partial charge in [-0.05, 0) is 50.4 Å². The maximum Gasteiger partial charge on any atom is 0.345 e. The van der Waals surface area contributed by atoms with Gasteiger partial charge in [-0.1, -0.05) is 0 Å². The fraction of sp³-hybridized carbons (Fsp3) is 0.842. The SMILES string of the molecule is COC(=O)[C@@]1(F)CCN(C(=O)C23C[C@H]4C[C@@H](CC(NC(C)=O)(C4)C2)C3)C1. The van der Waals surface area contributed by atoms with Gasteiger partial charge in [-0.3, -0.25) is 9.59 Å². The summed E-state index contributed by atoms with van der Waals surface area (Å²) in [6.07, 6.45) is 5.26. The van der Waals surface area contributed by atoms with Gasteiger partial charge in [-0.25, -0.2) is 9.18 Å². The maximum absolute atomic E-state index is 14.8. The molecule has 0 aromatic carbocycles. The van der Waals surface area contributed by atoms with E-state index < -0.39 is 17.1 Å². The predicted molar refractivity (Wildman–Crippen MR) is 90.7 cm³/mol. The van der Waals surface area contributed by atoms with E-state index in [0.29, 0.717) is 18.3 Å². The second-order valence-electron chi connectivity index (χ2n) is 9.14. The molecule has 5 fully saturated rings. The molecule has 144 valence electrons. The highest BCUT2D eigenvalue weighted by molar-refractivity contribution is 5.87. The quantitative estimate of drug-likeness (QED) is 0.770. The standard InChI is InChI=1S/C19H27FN2O4/c1-12(23)21-18-8-13-5-14(9-18)7-17(6-13,10-18)15(24)22-4-3-19(20,11-22)16(25)26-2/h13-14H,3-11H2,1-2H3,(H,21,23)/t13-,14-,17?,18?,19-/m1/s1. The molecule has 5 aliphatic rings. The Bertz CT molecular complexity index is 652. The van der Waals surface area contributed by atoms with E-state index >= 15 is 0 Å². The Morgan fingerprint density at radius 2 is 1.81 bits per heavy atom. The van der Waals surface area contributed by atoms with Crippen LogP contribution in [-0.4, -0.2) is 54.1 Å². The van der Waals surface area contributed by atoms with E-state index in [1.165, 1.54) is 18.9 Å². The van der Waals surface area contributed by atoms with Crippen molar-refractivity contribution < 1.29 is 23.5 Å². The van der Waals surface area contributed by atoms with Gasteiger partial charge in [-0.15, -0.1) is 0 Å². The number of nitrogens with one attached hydrogen (secondary N) is 1. The van der Waals surface area contributed by atoms with E-state index in [1.807, 2.05) is 0 Å². The van der Waals surface area contributed by atoms with Crippen molar-refractivity contribution in [2.75, 3.05) is 20.2 Å². The number of carbonyl (C=O) groups excluding carboxylic acids is 3. The van der Waals surface area contributed by atoms with Crippen molar-refractivity contribution in [1.82, 2.24) is 10.2 Å². The molecule has 5 rings (SSSR count). The molecular formula is C19H27FN2O4. The molecule has 0 radical (unpaired) electrons. The van der Waals surface area contributed by atoms with Crippen molar-refractivity contribution in [3.63, 3.8) is 0 Å². The van der Waals surface area contributed by atoms with Crippen LogP contribution in [-0.2, 0) is 19.1 Å². The summed E-state index contributed by atoms with van der Waals surface area (Å²) in [5.74, 6) is -0.113. The van der Waals surface area contributed by atoms with Crippen LogP contribution in [0.5, 0.6) is 0 Å². The number of nitrogens with zero attached hydrogens (tertiary/aromatic N) is 1. The first kappa shape index (κ1) is 17.7. The number of amides is 2. The highest BCUT2D eigenvalue weighted by Crippen LogP contribution is 2.62. The lowest BCUT2D eigenvalue weighted by Crippen LogP contribution is -2.66.